The lowest BCUT2D eigenvalue weighted by Gasteiger charge is -2.13. The van der Waals surface area contributed by atoms with E-state index in [1.807, 2.05) is 91.9 Å². The molecular formula is C34H36N2O4. The first-order valence-corrected chi connectivity index (χ1v) is 13.8. The lowest BCUT2D eigenvalue weighted by atomic mass is 9.93. The Bertz CT molecular complexity index is 1340. The number of aryl methyl sites for hydroxylation is 1. The van der Waals surface area contributed by atoms with Crippen LogP contribution in [0.15, 0.2) is 108 Å². The summed E-state index contributed by atoms with van der Waals surface area (Å²) in [7, 11) is 0. The van der Waals surface area contributed by atoms with Gasteiger partial charge in [0, 0.05) is 11.8 Å². The molecule has 1 atom stereocenters. The molecule has 206 valence electrons. The van der Waals surface area contributed by atoms with E-state index in [-0.39, 0.29) is 5.92 Å². The molecule has 6 heteroatoms. The third kappa shape index (κ3) is 9.09. The Morgan fingerprint density at radius 2 is 1.60 bits per heavy atom. The third-order valence-corrected chi connectivity index (χ3v) is 6.77. The normalized spacial score (nSPS) is 12.1. The van der Waals surface area contributed by atoms with Gasteiger partial charge in [0.25, 0.3) is 0 Å². The predicted molar refractivity (Wildman–Crippen MR) is 159 cm³/mol. The van der Waals surface area contributed by atoms with Gasteiger partial charge < -0.3 is 14.7 Å². The molecule has 4 rings (SSSR count). The second-order valence-electron chi connectivity index (χ2n) is 9.77. The summed E-state index contributed by atoms with van der Waals surface area (Å²) in [4.78, 5) is 21.6. The molecule has 1 N–H and O–H groups in total. The van der Waals surface area contributed by atoms with E-state index in [4.69, 9.17) is 9.57 Å². The van der Waals surface area contributed by atoms with Gasteiger partial charge in [-0.1, -0.05) is 84.4 Å². The van der Waals surface area contributed by atoms with Gasteiger partial charge >= 0.3 is 5.97 Å². The molecule has 0 fully saturated rings. The third-order valence-electron chi connectivity index (χ3n) is 6.77. The van der Waals surface area contributed by atoms with Crippen LogP contribution in [0.2, 0.25) is 0 Å². The fraction of sp³-hybridized carbons (Fsp3) is 0.265. The molecule has 1 aromatic heterocycles. The van der Waals surface area contributed by atoms with Crippen LogP contribution in [0.4, 0.5) is 0 Å². The Morgan fingerprint density at radius 3 is 2.30 bits per heavy atom. The second kappa shape index (κ2) is 15.2. The number of pyridine rings is 1. The highest BCUT2D eigenvalue weighted by Gasteiger charge is 2.17. The van der Waals surface area contributed by atoms with Gasteiger partial charge in [-0.3, -0.25) is 9.78 Å². The Hall–Kier alpha value is -4.45. The SMILES string of the molecule is C/C(=N/OCCOc1ccc(CC(CCCCc2ccccc2)C(=O)O)cc1)c1ccc(-c2ccccn2)cc1. The van der Waals surface area contributed by atoms with Crippen LogP contribution in [0, 0.1) is 5.92 Å². The van der Waals surface area contributed by atoms with Gasteiger partial charge in [0.1, 0.15) is 12.4 Å². The standard InChI is InChI=1S/C34H36N2O4/c1-26(29-16-18-30(19-17-29)33-13-7-8-22-35-33)36-40-24-23-39-32-20-14-28(15-21-32)25-31(34(37)38)12-6-5-11-27-9-3-2-4-10-27/h2-4,7-10,13-22,31H,5-6,11-12,23-25H2,1H3,(H,37,38)/b36-26-. The highest BCUT2D eigenvalue weighted by molar-refractivity contribution is 5.98. The number of ether oxygens (including phenoxy) is 1. The second-order valence-corrected chi connectivity index (χ2v) is 9.77. The number of hydrogen-bond acceptors (Lipinski definition) is 5. The smallest absolute Gasteiger partial charge is 0.306 e. The van der Waals surface area contributed by atoms with E-state index < -0.39 is 5.97 Å². The molecule has 1 unspecified atom stereocenters. The van der Waals surface area contributed by atoms with E-state index in [0.717, 1.165) is 47.4 Å². The van der Waals surface area contributed by atoms with E-state index in [0.29, 0.717) is 31.8 Å². The van der Waals surface area contributed by atoms with Gasteiger partial charge in [-0.05, 0) is 73.6 Å². The summed E-state index contributed by atoms with van der Waals surface area (Å²) < 4.78 is 5.77. The van der Waals surface area contributed by atoms with Crippen LogP contribution in [0.25, 0.3) is 11.3 Å². The molecule has 4 aromatic rings. The van der Waals surface area contributed by atoms with E-state index >= 15 is 0 Å². The first-order chi connectivity index (χ1) is 19.6. The van der Waals surface area contributed by atoms with Crippen LogP contribution in [0.5, 0.6) is 5.75 Å². The molecule has 0 amide bonds. The molecule has 0 aliphatic carbocycles. The minimum absolute atomic E-state index is 0.315. The fourth-order valence-corrected chi connectivity index (χ4v) is 4.49. The van der Waals surface area contributed by atoms with Crippen LogP contribution >= 0.6 is 0 Å². The van der Waals surface area contributed by atoms with Crippen LogP contribution in [0.3, 0.4) is 0 Å². The van der Waals surface area contributed by atoms with E-state index in [1.54, 1.807) is 6.20 Å². The summed E-state index contributed by atoms with van der Waals surface area (Å²) in [5.41, 5.74) is 6.03. The summed E-state index contributed by atoms with van der Waals surface area (Å²) in [6.45, 7) is 2.58. The van der Waals surface area contributed by atoms with Gasteiger partial charge in [-0.2, -0.15) is 0 Å². The molecule has 0 saturated carbocycles. The van der Waals surface area contributed by atoms with Gasteiger partial charge in [0.2, 0.25) is 0 Å². The number of benzene rings is 3. The van der Waals surface area contributed by atoms with Gasteiger partial charge in [0.15, 0.2) is 6.61 Å². The molecular weight excluding hydrogens is 500 g/mol. The van der Waals surface area contributed by atoms with Crippen molar-refractivity contribution in [1.82, 2.24) is 4.98 Å². The number of aromatic nitrogens is 1. The Labute approximate surface area is 236 Å². The average Bonchev–Trinajstić information content (AvgIpc) is 3.00. The number of oxime groups is 1. The van der Waals surface area contributed by atoms with Crippen molar-refractivity contribution in [3.05, 3.63) is 120 Å². The summed E-state index contributed by atoms with van der Waals surface area (Å²) >= 11 is 0. The number of carbonyl (C=O) groups is 1. The van der Waals surface area contributed by atoms with Crippen LogP contribution < -0.4 is 4.74 Å². The minimum Gasteiger partial charge on any atom is -0.490 e. The van der Waals surface area contributed by atoms with Crippen molar-refractivity contribution < 1.29 is 19.5 Å². The van der Waals surface area contributed by atoms with E-state index in [2.05, 4.69) is 22.3 Å². The maximum Gasteiger partial charge on any atom is 0.306 e. The molecule has 0 saturated heterocycles. The molecule has 0 aliphatic heterocycles. The van der Waals surface area contributed by atoms with Crippen LogP contribution in [0.1, 0.15) is 42.9 Å². The molecule has 6 nitrogen and oxygen atoms in total. The highest BCUT2D eigenvalue weighted by Crippen LogP contribution is 2.20. The zero-order valence-electron chi connectivity index (χ0n) is 22.9. The Balaban J connectivity index is 1.16. The molecule has 0 aliphatic rings. The number of nitrogens with zero attached hydrogens (tertiary/aromatic N) is 2. The molecule has 1 heterocycles. The maximum absolute atomic E-state index is 11.8. The van der Waals surface area contributed by atoms with Crippen molar-refractivity contribution >= 4 is 11.7 Å². The number of hydrogen-bond donors (Lipinski definition) is 1. The summed E-state index contributed by atoms with van der Waals surface area (Å²) in [5, 5.41) is 13.9. The quantitative estimate of drug-likeness (QED) is 0.0985. The number of rotatable bonds is 15. The number of carboxylic acids is 1. The van der Waals surface area contributed by atoms with Crippen molar-refractivity contribution in [2.75, 3.05) is 13.2 Å². The summed E-state index contributed by atoms with van der Waals surface area (Å²) in [6, 6.07) is 31.8. The Morgan fingerprint density at radius 1 is 0.850 bits per heavy atom. The fourth-order valence-electron chi connectivity index (χ4n) is 4.49. The Kier molecular flexibility index (Phi) is 10.9. The zero-order chi connectivity index (χ0) is 28.0. The van der Waals surface area contributed by atoms with Gasteiger partial charge in [0.05, 0.1) is 17.3 Å². The first kappa shape index (κ1) is 28.6. The van der Waals surface area contributed by atoms with E-state index in [9.17, 15) is 9.90 Å². The zero-order valence-corrected chi connectivity index (χ0v) is 22.9. The lowest BCUT2D eigenvalue weighted by molar-refractivity contribution is -0.142. The van der Waals surface area contributed by atoms with Gasteiger partial charge in [-0.25, -0.2) is 0 Å². The predicted octanol–water partition coefficient (Wildman–Crippen LogP) is 7.22. The molecule has 0 spiro atoms. The monoisotopic (exact) mass is 536 g/mol. The van der Waals surface area contributed by atoms with Crippen molar-refractivity contribution in [3.8, 4) is 17.0 Å². The molecule has 3 aromatic carbocycles. The summed E-state index contributed by atoms with van der Waals surface area (Å²) in [5.74, 6) is -0.409. The van der Waals surface area contributed by atoms with Crippen LogP contribution in [-0.2, 0) is 22.5 Å². The van der Waals surface area contributed by atoms with Crippen molar-refractivity contribution in [1.29, 1.82) is 0 Å². The van der Waals surface area contributed by atoms with Gasteiger partial charge in [-0.15, -0.1) is 0 Å². The van der Waals surface area contributed by atoms with Crippen LogP contribution in [-0.4, -0.2) is 35.0 Å². The first-order valence-electron chi connectivity index (χ1n) is 13.8. The average molecular weight is 537 g/mol. The van der Waals surface area contributed by atoms with Crippen molar-refractivity contribution in [3.63, 3.8) is 0 Å². The maximum atomic E-state index is 11.8. The molecule has 40 heavy (non-hydrogen) atoms. The topological polar surface area (TPSA) is 81.0 Å². The molecule has 0 radical (unpaired) electrons. The number of carboxylic acid groups (broad SMARTS) is 1. The lowest BCUT2D eigenvalue weighted by Crippen LogP contribution is -2.16. The minimum atomic E-state index is -0.739. The van der Waals surface area contributed by atoms with Crippen molar-refractivity contribution in [2.24, 2.45) is 11.1 Å². The largest absolute Gasteiger partial charge is 0.490 e. The molecule has 0 bridgehead atoms. The number of aliphatic carboxylic acids is 1. The summed E-state index contributed by atoms with van der Waals surface area (Å²) in [6.07, 6.45) is 5.83. The van der Waals surface area contributed by atoms with E-state index in [1.165, 1.54) is 5.56 Å². The highest BCUT2D eigenvalue weighted by atomic mass is 16.6. The van der Waals surface area contributed by atoms with Crippen molar-refractivity contribution in [2.45, 2.75) is 39.0 Å². The number of unbranched alkanes of at least 4 members (excludes halogenated alkanes) is 1.